The largest absolute Gasteiger partial charge is 0.355 e. The Kier molecular flexibility index (Phi) is 4.00. The average molecular weight is 314 g/mol. The molecule has 6 heteroatoms. The molecule has 0 radical (unpaired) electrons. The maximum atomic E-state index is 12.7. The molecule has 23 heavy (non-hydrogen) atoms. The summed E-state index contributed by atoms with van der Waals surface area (Å²) in [4.78, 5) is 37.6. The van der Waals surface area contributed by atoms with Crippen LogP contribution >= 0.6 is 0 Å². The number of aromatic nitrogens is 2. The SMILES string of the molecule is Cc1cn([C@H]2CC[C@@H](C)O2)c(=O)n(C(=O)c2ccccc2)c1=O. The van der Waals surface area contributed by atoms with Crippen LogP contribution in [0.4, 0.5) is 0 Å². The number of ether oxygens (including phenoxy) is 1. The molecule has 0 N–H and O–H groups in total. The molecule has 0 amide bonds. The average Bonchev–Trinajstić information content (AvgIpc) is 2.98. The molecule has 2 heterocycles. The van der Waals surface area contributed by atoms with Gasteiger partial charge in [-0.1, -0.05) is 18.2 Å². The Morgan fingerprint density at radius 3 is 2.48 bits per heavy atom. The van der Waals surface area contributed by atoms with Gasteiger partial charge in [-0.15, -0.1) is 0 Å². The van der Waals surface area contributed by atoms with Crippen LogP contribution in [0.1, 0.15) is 41.9 Å². The number of hydrogen-bond donors (Lipinski definition) is 0. The Morgan fingerprint density at radius 1 is 1.17 bits per heavy atom. The lowest BCUT2D eigenvalue weighted by molar-refractivity contribution is 0.00712. The second-order valence-corrected chi connectivity index (χ2v) is 5.79. The van der Waals surface area contributed by atoms with Crippen LogP contribution in [-0.2, 0) is 4.74 Å². The van der Waals surface area contributed by atoms with Gasteiger partial charge in [0.25, 0.3) is 11.5 Å². The molecule has 2 atom stereocenters. The zero-order chi connectivity index (χ0) is 16.6. The van der Waals surface area contributed by atoms with E-state index < -0.39 is 23.4 Å². The Balaban J connectivity index is 2.14. The Morgan fingerprint density at radius 2 is 1.87 bits per heavy atom. The zero-order valence-electron chi connectivity index (χ0n) is 13.1. The number of rotatable bonds is 2. The summed E-state index contributed by atoms with van der Waals surface area (Å²) in [5.41, 5.74) is -0.624. The molecule has 1 aliphatic rings. The highest BCUT2D eigenvalue weighted by atomic mass is 16.5. The van der Waals surface area contributed by atoms with Crippen LogP contribution in [-0.4, -0.2) is 21.1 Å². The number of aryl methyl sites for hydroxylation is 1. The molecule has 120 valence electrons. The molecule has 6 nitrogen and oxygen atoms in total. The number of benzene rings is 1. The molecular formula is C17H18N2O4. The first-order valence-corrected chi connectivity index (χ1v) is 7.59. The summed E-state index contributed by atoms with van der Waals surface area (Å²) in [7, 11) is 0. The minimum atomic E-state index is -0.659. The monoisotopic (exact) mass is 314 g/mol. The summed E-state index contributed by atoms with van der Waals surface area (Å²) in [5, 5.41) is 0. The molecule has 3 rings (SSSR count). The third kappa shape index (κ3) is 2.77. The van der Waals surface area contributed by atoms with Crippen molar-refractivity contribution >= 4 is 5.91 Å². The predicted octanol–water partition coefficient (Wildman–Crippen LogP) is 1.70. The second-order valence-electron chi connectivity index (χ2n) is 5.79. The third-order valence-electron chi connectivity index (χ3n) is 4.03. The first-order chi connectivity index (χ1) is 11.0. The summed E-state index contributed by atoms with van der Waals surface area (Å²) in [6, 6.07) is 8.30. The smallest absolute Gasteiger partial charge is 0.340 e. The molecule has 1 fully saturated rings. The van der Waals surface area contributed by atoms with Crippen LogP contribution in [0.15, 0.2) is 46.1 Å². The number of carbonyl (C=O) groups is 1. The summed E-state index contributed by atoms with van der Waals surface area (Å²) in [5.74, 6) is -0.621. The van der Waals surface area contributed by atoms with Gasteiger partial charge in [-0.2, -0.15) is 4.57 Å². The molecule has 0 bridgehead atoms. The van der Waals surface area contributed by atoms with Gasteiger partial charge in [-0.05, 0) is 38.8 Å². The van der Waals surface area contributed by atoms with Gasteiger partial charge >= 0.3 is 5.69 Å². The quantitative estimate of drug-likeness (QED) is 0.846. The summed E-state index contributed by atoms with van der Waals surface area (Å²) >= 11 is 0. The minimum absolute atomic E-state index is 0.0532. The van der Waals surface area contributed by atoms with Gasteiger partial charge in [0.15, 0.2) is 0 Å². The number of carbonyl (C=O) groups excluding carboxylic acids is 1. The van der Waals surface area contributed by atoms with Gasteiger partial charge in [0.05, 0.1) is 6.10 Å². The van der Waals surface area contributed by atoms with Crippen LogP contribution in [0.25, 0.3) is 0 Å². The molecule has 2 aromatic rings. The van der Waals surface area contributed by atoms with E-state index >= 15 is 0 Å². The van der Waals surface area contributed by atoms with E-state index in [2.05, 4.69) is 0 Å². The van der Waals surface area contributed by atoms with Crippen molar-refractivity contribution in [2.24, 2.45) is 0 Å². The maximum Gasteiger partial charge on any atom is 0.340 e. The summed E-state index contributed by atoms with van der Waals surface area (Å²) in [6.07, 6.45) is 2.60. The van der Waals surface area contributed by atoms with Crippen molar-refractivity contribution in [2.45, 2.75) is 39.0 Å². The van der Waals surface area contributed by atoms with E-state index in [4.69, 9.17) is 4.74 Å². The standard InChI is InChI=1S/C17H18N2O4/c1-11-10-18(14-9-8-12(2)23-14)17(22)19(15(11)20)16(21)13-6-4-3-5-7-13/h3-7,10,12,14H,8-9H2,1-2H3/t12-,14-/m1/s1. The van der Waals surface area contributed by atoms with Crippen LogP contribution in [0.2, 0.25) is 0 Å². The molecule has 0 aliphatic carbocycles. The van der Waals surface area contributed by atoms with Crippen molar-refractivity contribution in [1.29, 1.82) is 0 Å². The maximum absolute atomic E-state index is 12.7. The lowest BCUT2D eigenvalue weighted by atomic mass is 10.2. The molecule has 1 aromatic carbocycles. The lowest BCUT2D eigenvalue weighted by Crippen LogP contribution is -2.45. The van der Waals surface area contributed by atoms with Crippen LogP contribution < -0.4 is 11.2 Å². The van der Waals surface area contributed by atoms with Crippen molar-refractivity contribution in [1.82, 2.24) is 9.13 Å². The van der Waals surface area contributed by atoms with E-state index in [1.165, 1.54) is 10.8 Å². The van der Waals surface area contributed by atoms with E-state index in [1.54, 1.807) is 37.3 Å². The molecule has 1 saturated heterocycles. The van der Waals surface area contributed by atoms with Gasteiger partial charge in [-0.3, -0.25) is 14.2 Å². The first kappa shape index (κ1) is 15.4. The highest BCUT2D eigenvalue weighted by Gasteiger charge is 2.27. The van der Waals surface area contributed by atoms with Crippen LogP contribution in [0.5, 0.6) is 0 Å². The van der Waals surface area contributed by atoms with Crippen molar-refractivity contribution in [3.8, 4) is 0 Å². The minimum Gasteiger partial charge on any atom is -0.355 e. The molecule has 0 unspecified atom stereocenters. The molecular weight excluding hydrogens is 296 g/mol. The topological polar surface area (TPSA) is 70.3 Å². The van der Waals surface area contributed by atoms with E-state index in [1.807, 2.05) is 6.92 Å². The predicted molar refractivity (Wildman–Crippen MR) is 84.7 cm³/mol. The summed E-state index contributed by atoms with van der Waals surface area (Å²) in [6.45, 7) is 3.52. The van der Waals surface area contributed by atoms with Gasteiger partial charge in [0.1, 0.15) is 6.23 Å². The molecule has 1 aliphatic heterocycles. The van der Waals surface area contributed by atoms with E-state index in [0.29, 0.717) is 22.1 Å². The molecule has 0 saturated carbocycles. The first-order valence-electron chi connectivity index (χ1n) is 7.59. The third-order valence-corrected chi connectivity index (χ3v) is 4.03. The van der Waals surface area contributed by atoms with Gasteiger partial charge in [0.2, 0.25) is 0 Å². The van der Waals surface area contributed by atoms with E-state index in [-0.39, 0.29) is 6.10 Å². The van der Waals surface area contributed by atoms with Crippen molar-refractivity contribution < 1.29 is 9.53 Å². The fraction of sp³-hybridized carbons (Fsp3) is 0.353. The molecule has 1 aromatic heterocycles. The number of nitrogens with zero attached hydrogens (tertiary/aromatic N) is 2. The highest BCUT2D eigenvalue weighted by molar-refractivity contribution is 5.95. The Labute approximate surface area is 132 Å². The van der Waals surface area contributed by atoms with Crippen LogP contribution in [0, 0.1) is 6.92 Å². The second kappa shape index (κ2) is 5.96. The molecule has 0 spiro atoms. The zero-order valence-corrected chi connectivity index (χ0v) is 13.1. The highest BCUT2D eigenvalue weighted by Crippen LogP contribution is 2.26. The van der Waals surface area contributed by atoms with Gasteiger partial charge < -0.3 is 4.74 Å². The van der Waals surface area contributed by atoms with Crippen molar-refractivity contribution in [3.63, 3.8) is 0 Å². The van der Waals surface area contributed by atoms with Crippen molar-refractivity contribution in [2.75, 3.05) is 0 Å². The Hall–Kier alpha value is -2.47. The fourth-order valence-electron chi connectivity index (χ4n) is 2.78. The van der Waals surface area contributed by atoms with E-state index in [0.717, 1.165) is 6.42 Å². The van der Waals surface area contributed by atoms with Crippen LogP contribution in [0.3, 0.4) is 0 Å². The van der Waals surface area contributed by atoms with Gasteiger partial charge in [0, 0.05) is 17.3 Å². The van der Waals surface area contributed by atoms with Crippen molar-refractivity contribution in [3.05, 3.63) is 68.5 Å². The Bertz CT molecular complexity index is 851. The summed E-state index contributed by atoms with van der Waals surface area (Å²) < 4.78 is 7.74. The fourth-order valence-corrected chi connectivity index (χ4v) is 2.78. The van der Waals surface area contributed by atoms with E-state index in [9.17, 15) is 14.4 Å². The van der Waals surface area contributed by atoms with Gasteiger partial charge in [-0.25, -0.2) is 4.79 Å². The lowest BCUT2D eigenvalue weighted by Gasteiger charge is -2.16. The normalized spacial score (nSPS) is 20.6. The number of hydrogen-bond acceptors (Lipinski definition) is 4.